The SMILES string of the molecule is [2H]C([2H])([2H])c1ccc2c(c1)[C@@]13CCCC[C@@H]1[C@@H](C2)N(C)CC3. The average molecular weight is 258 g/mol. The van der Waals surface area contributed by atoms with Crippen LogP contribution in [0.5, 0.6) is 0 Å². The van der Waals surface area contributed by atoms with Crippen LogP contribution in [-0.4, -0.2) is 24.5 Å². The molecule has 1 saturated heterocycles. The van der Waals surface area contributed by atoms with E-state index in [1.807, 2.05) is 12.1 Å². The lowest BCUT2D eigenvalue weighted by atomic mass is 9.52. The van der Waals surface area contributed by atoms with Gasteiger partial charge in [0.1, 0.15) is 0 Å². The van der Waals surface area contributed by atoms with Gasteiger partial charge in [-0.15, -0.1) is 0 Å². The number of nitrogens with zero attached hydrogens (tertiary/aromatic N) is 1. The van der Waals surface area contributed by atoms with Crippen molar-refractivity contribution in [2.45, 2.75) is 56.8 Å². The molecule has 4 rings (SSSR count). The first-order valence-corrected chi connectivity index (χ1v) is 7.76. The van der Waals surface area contributed by atoms with Gasteiger partial charge in [0.2, 0.25) is 0 Å². The highest BCUT2D eigenvalue weighted by Crippen LogP contribution is 2.55. The van der Waals surface area contributed by atoms with Gasteiger partial charge in [0.25, 0.3) is 0 Å². The van der Waals surface area contributed by atoms with Crippen LogP contribution in [-0.2, 0) is 11.8 Å². The molecule has 0 radical (unpaired) electrons. The summed E-state index contributed by atoms with van der Waals surface area (Å²) in [6.45, 7) is -0.837. The van der Waals surface area contributed by atoms with Gasteiger partial charge in [-0.25, -0.2) is 0 Å². The molecule has 1 aliphatic heterocycles. The summed E-state index contributed by atoms with van der Waals surface area (Å²) in [5.41, 5.74) is 3.57. The molecule has 0 N–H and O–H groups in total. The molecular weight excluding hydrogens is 230 g/mol. The van der Waals surface area contributed by atoms with Gasteiger partial charge in [0, 0.05) is 15.6 Å². The van der Waals surface area contributed by atoms with Crippen molar-refractivity contribution in [3.05, 3.63) is 34.9 Å². The Morgan fingerprint density at radius 1 is 1.32 bits per heavy atom. The second-order valence-corrected chi connectivity index (χ2v) is 6.88. The average Bonchev–Trinajstić information content (AvgIpc) is 2.49. The van der Waals surface area contributed by atoms with E-state index in [1.54, 1.807) is 0 Å². The smallest absolute Gasteiger partial charge is 0.0280 e. The van der Waals surface area contributed by atoms with E-state index in [4.69, 9.17) is 4.11 Å². The number of aryl methyl sites for hydroxylation is 1. The largest absolute Gasteiger partial charge is 0.303 e. The molecule has 0 unspecified atom stereocenters. The van der Waals surface area contributed by atoms with Gasteiger partial charge in [0.15, 0.2) is 0 Å². The number of likely N-dealkylation sites (tertiary alicyclic amines) is 1. The van der Waals surface area contributed by atoms with Gasteiger partial charge in [-0.2, -0.15) is 0 Å². The van der Waals surface area contributed by atoms with E-state index >= 15 is 0 Å². The molecule has 0 spiro atoms. The van der Waals surface area contributed by atoms with Crippen LogP contribution in [0.25, 0.3) is 0 Å². The van der Waals surface area contributed by atoms with Crippen molar-refractivity contribution < 1.29 is 4.11 Å². The number of benzene rings is 1. The molecule has 19 heavy (non-hydrogen) atoms. The van der Waals surface area contributed by atoms with Crippen LogP contribution < -0.4 is 0 Å². The lowest BCUT2D eigenvalue weighted by molar-refractivity contribution is 0.00283. The molecule has 1 nitrogen and oxygen atoms in total. The number of hydrogen-bond donors (Lipinski definition) is 0. The maximum atomic E-state index is 7.75. The van der Waals surface area contributed by atoms with Crippen molar-refractivity contribution in [2.75, 3.05) is 13.6 Å². The van der Waals surface area contributed by atoms with Crippen LogP contribution in [0.15, 0.2) is 18.2 Å². The van der Waals surface area contributed by atoms with E-state index in [2.05, 4.69) is 18.0 Å². The van der Waals surface area contributed by atoms with E-state index in [9.17, 15) is 0 Å². The lowest BCUT2D eigenvalue weighted by Crippen LogP contribution is -2.59. The highest BCUT2D eigenvalue weighted by atomic mass is 15.1. The fourth-order valence-electron chi connectivity index (χ4n) is 5.20. The minimum absolute atomic E-state index is 0.254. The molecule has 102 valence electrons. The Morgan fingerprint density at radius 2 is 2.26 bits per heavy atom. The van der Waals surface area contributed by atoms with Gasteiger partial charge in [-0.3, -0.25) is 0 Å². The first kappa shape index (κ1) is 9.18. The fourth-order valence-corrected chi connectivity index (χ4v) is 5.20. The van der Waals surface area contributed by atoms with Gasteiger partial charge < -0.3 is 4.90 Å². The maximum Gasteiger partial charge on any atom is 0.0280 e. The number of fused-ring (bicyclic) bond motifs is 1. The topological polar surface area (TPSA) is 3.24 Å². The van der Waals surface area contributed by atoms with Gasteiger partial charge in [-0.1, -0.05) is 36.6 Å². The Kier molecular flexibility index (Phi) is 1.97. The molecule has 2 bridgehead atoms. The highest BCUT2D eigenvalue weighted by Gasteiger charge is 2.52. The van der Waals surface area contributed by atoms with Crippen LogP contribution in [0.2, 0.25) is 0 Å². The third-order valence-corrected chi connectivity index (χ3v) is 6.11. The second kappa shape index (κ2) is 4.09. The summed E-state index contributed by atoms with van der Waals surface area (Å²) in [5.74, 6) is 0.722. The molecule has 1 heterocycles. The minimum atomic E-state index is -1.99. The quantitative estimate of drug-likeness (QED) is 0.686. The van der Waals surface area contributed by atoms with E-state index < -0.39 is 6.85 Å². The minimum Gasteiger partial charge on any atom is -0.303 e. The molecule has 2 fully saturated rings. The standard InChI is InChI=1S/C18H25N/c1-13-6-7-14-12-17-15-5-3-4-8-18(15,16(14)11-13)9-10-19(17)2/h6-7,11,15,17H,3-5,8-10,12H2,1-2H3/t15-,17-,18-/m1/s1/i1D3. The Labute approximate surface area is 121 Å². The van der Waals surface area contributed by atoms with Crippen LogP contribution >= 0.6 is 0 Å². The van der Waals surface area contributed by atoms with Crippen molar-refractivity contribution in [2.24, 2.45) is 5.92 Å². The predicted molar refractivity (Wildman–Crippen MR) is 79.6 cm³/mol. The van der Waals surface area contributed by atoms with E-state index in [1.165, 1.54) is 43.2 Å². The zero-order chi connectivity index (χ0) is 15.5. The summed E-state index contributed by atoms with van der Waals surface area (Å²) in [6, 6.07) is 6.64. The first-order valence-electron chi connectivity index (χ1n) is 9.26. The molecule has 0 amide bonds. The Morgan fingerprint density at radius 3 is 3.16 bits per heavy atom. The number of piperidine rings is 1. The predicted octanol–water partition coefficient (Wildman–Crippen LogP) is 3.68. The molecule has 3 aliphatic rings. The van der Waals surface area contributed by atoms with Crippen molar-refractivity contribution in [3.63, 3.8) is 0 Å². The van der Waals surface area contributed by atoms with Gasteiger partial charge in [0.05, 0.1) is 0 Å². The summed E-state index contributed by atoms with van der Waals surface area (Å²) in [7, 11) is 2.27. The summed E-state index contributed by atoms with van der Waals surface area (Å²) < 4.78 is 23.3. The van der Waals surface area contributed by atoms with Crippen LogP contribution in [0.1, 0.15) is 52.9 Å². The Hall–Kier alpha value is -0.820. The number of hydrogen-bond acceptors (Lipinski definition) is 1. The summed E-state index contributed by atoms with van der Waals surface area (Å²) >= 11 is 0. The molecule has 1 aromatic rings. The molecular formula is C18H25N. The first-order chi connectivity index (χ1) is 10.4. The number of rotatable bonds is 0. The maximum absolute atomic E-state index is 7.75. The van der Waals surface area contributed by atoms with Gasteiger partial charge in [-0.05, 0) is 63.2 Å². The van der Waals surface area contributed by atoms with E-state index in [0.717, 1.165) is 18.9 Å². The second-order valence-electron chi connectivity index (χ2n) is 6.88. The third-order valence-electron chi connectivity index (χ3n) is 6.11. The summed E-state index contributed by atoms with van der Waals surface area (Å²) in [6.07, 6.45) is 7.49. The third kappa shape index (κ3) is 1.57. The van der Waals surface area contributed by atoms with Crippen molar-refractivity contribution in [3.8, 4) is 0 Å². The molecule has 1 saturated carbocycles. The molecule has 2 aliphatic carbocycles. The monoisotopic (exact) mass is 258 g/mol. The number of likely N-dealkylation sites (N-methyl/N-ethyl adjacent to an activating group) is 1. The Bertz CT molecular complexity index is 594. The van der Waals surface area contributed by atoms with Crippen molar-refractivity contribution in [1.29, 1.82) is 0 Å². The molecule has 1 heteroatoms. The van der Waals surface area contributed by atoms with E-state index in [-0.39, 0.29) is 5.41 Å². The summed E-state index contributed by atoms with van der Waals surface area (Å²) in [4.78, 5) is 2.55. The molecule has 3 atom stereocenters. The van der Waals surface area contributed by atoms with Crippen molar-refractivity contribution >= 4 is 0 Å². The van der Waals surface area contributed by atoms with Crippen molar-refractivity contribution in [1.82, 2.24) is 4.90 Å². The molecule has 1 aromatic carbocycles. The van der Waals surface area contributed by atoms with Gasteiger partial charge >= 0.3 is 0 Å². The molecule has 0 aromatic heterocycles. The highest BCUT2D eigenvalue weighted by molar-refractivity contribution is 5.43. The zero-order valence-corrected chi connectivity index (χ0v) is 11.8. The zero-order valence-electron chi connectivity index (χ0n) is 14.8. The summed E-state index contributed by atoms with van der Waals surface area (Å²) in [5, 5.41) is 0. The lowest BCUT2D eigenvalue weighted by Gasteiger charge is -2.58. The van der Waals surface area contributed by atoms with Crippen LogP contribution in [0.4, 0.5) is 0 Å². The van der Waals surface area contributed by atoms with E-state index in [0.29, 0.717) is 11.6 Å². The van der Waals surface area contributed by atoms with Crippen LogP contribution in [0.3, 0.4) is 0 Å². The fraction of sp³-hybridized carbons (Fsp3) is 0.667. The Balaban J connectivity index is 1.87. The van der Waals surface area contributed by atoms with Crippen LogP contribution in [0, 0.1) is 12.8 Å². The normalized spacial score (nSPS) is 40.6.